The molecular formula is C24H19ClN2O4. The van der Waals surface area contributed by atoms with Gasteiger partial charge in [-0.3, -0.25) is 9.59 Å². The first kappa shape index (κ1) is 20.5. The highest BCUT2D eigenvalue weighted by atomic mass is 35.5. The summed E-state index contributed by atoms with van der Waals surface area (Å²) in [5, 5.41) is 3.42. The molecule has 7 heteroatoms. The highest BCUT2D eigenvalue weighted by Crippen LogP contribution is 2.37. The Morgan fingerprint density at radius 3 is 1.94 bits per heavy atom. The Bertz CT molecular complexity index is 1170. The Morgan fingerprint density at radius 1 is 0.774 bits per heavy atom. The molecule has 1 aliphatic rings. The molecule has 6 nitrogen and oxygen atoms in total. The van der Waals surface area contributed by atoms with Crippen LogP contribution in [-0.2, 0) is 9.59 Å². The summed E-state index contributed by atoms with van der Waals surface area (Å²) >= 11 is 6.29. The summed E-state index contributed by atoms with van der Waals surface area (Å²) < 4.78 is 10.4. The van der Waals surface area contributed by atoms with E-state index in [1.165, 1.54) is 0 Å². The number of para-hydroxylation sites is 1. The molecule has 1 heterocycles. The maximum Gasteiger partial charge on any atom is 0.282 e. The van der Waals surface area contributed by atoms with Gasteiger partial charge < -0.3 is 14.8 Å². The summed E-state index contributed by atoms with van der Waals surface area (Å²) in [5.41, 5.74) is 1.98. The molecular weight excluding hydrogens is 416 g/mol. The van der Waals surface area contributed by atoms with Crippen molar-refractivity contribution < 1.29 is 19.1 Å². The summed E-state index contributed by atoms with van der Waals surface area (Å²) in [4.78, 5) is 27.9. The van der Waals surface area contributed by atoms with Crippen molar-refractivity contribution in [1.82, 2.24) is 0 Å². The quantitative estimate of drug-likeness (QED) is 0.567. The molecule has 0 bridgehead atoms. The molecule has 0 radical (unpaired) electrons. The third kappa shape index (κ3) is 3.85. The summed E-state index contributed by atoms with van der Waals surface area (Å²) in [6, 6.07) is 20.8. The van der Waals surface area contributed by atoms with Crippen molar-refractivity contribution in [2.45, 2.75) is 0 Å². The molecule has 31 heavy (non-hydrogen) atoms. The molecule has 1 aliphatic heterocycles. The van der Waals surface area contributed by atoms with Crippen LogP contribution in [-0.4, -0.2) is 26.0 Å². The molecule has 0 aliphatic carbocycles. The second-order valence-corrected chi connectivity index (χ2v) is 7.14. The minimum absolute atomic E-state index is 0.167. The number of ether oxygens (including phenoxy) is 2. The van der Waals surface area contributed by atoms with E-state index in [0.717, 1.165) is 4.90 Å². The molecule has 2 amide bonds. The fraction of sp³-hybridized carbons (Fsp3) is 0.0833. The first-order chi connectivity index (χ1) is 15.0. The Hall–Kier alpha value is -3.77. The minimum atomic E-state index is -0.486. The zero-order valence-corrected chi connectivity index (χ0v) is 17.6. The molecule has 0 saturated heterocycles. The van der Waals surface area contributed by atoms with Crippen LogP contribution in [0.25, 0.3) is 5.57 Å². The number of carbonyl (C=O) groups excluding carboxylic acids is 2. The average molecular weight is 435 g/mol. The van der Waals surface area contributed by atoms with E-state index in [4.69, 9.17) is 21.1 Å². The number of hydrogen-bond donors (Lipinski definition) is 1. The predicted octanol–water partition coefficient (Wildman–Crippen LogP) is 4.75. The van der Waals surface area contributed by atoms with Gasteiger partial charge in [-0.1, -0.05) is 35.9 Å². The first-order valence-corrected chi connectivity index (χ1v) is 9.84. The van der Waals surface area contributed by atoms with E-state index in [2.05, 4.69) is 5.32 Å². The summed E-state index contributed by atoms with van der Waals surface area (Å²) in [5.74, 6) is 0.384. The highest BCUT2D eigenvalue weighted by Gasteiger charge is 2.41. The van der Waals surface area contributed by atoms with Gasteiger partial charge >= 0.3 is 0 Å². The molecule has 0 saturated carbocycles. The van der Waals surface area contributed by atoms with Crippen LogP contribution in [0, 0.1) is 0 Å². The molecule has 0 unspecified atom stereocenters. The summed E-state index contributed by atoms with van der Waals surface area (Å²) in [6.07, 6.45) is 0. The van der Waals surface area contributed by atoms with Crippen LogP contribution in [0.15, 0.2) is 78.5 Å². The van der Waals surface area contributed by atoms with Crippen LogP contribution < -0.4 is 19.7 Å². The molecule has 0 atom stereocenters. The van der Waals surface area contributed by atoms with Gasteiger partial charge in [0.05, 0.1) is 30.5 Å². The van der Waals surface area contributed by atoms with Gasteiger partial charge in [-0.2, -0.15) is 0 Å². The number of nitrogens with one attached hydrogen (secondary N) is 1. The third-order valence-electron chi connectivity index (χ3n) is 4.92. The lowest BCUT2D eigenvalue weighted by atomic mass is 10.0. The van der Waals surface area contributed by atoms with Crippen molar-refractivity contribution in [3.8, 4) is 11.5 Å². The maximum absolute atomic E-state index is 13.4. The van der Waals surface area contributed by atoms with Crippen LogP contribution in [0.4, 0.5) is 11.4 Å². The van der Waals surface area contributed by atoms with Crippen molar-refractivity contribution in [2.75, 3.05) is 24.4 Å². The van der Waals surface area contributed by atoms with E-state index in [-0.39, 0.29) is 11.3 Å². The van der Waals surface area contributed by atoms with E-state index in [1.807, 2.05) is 0 Å². The average Bonchev–Trinajstić information content (AvgIpc) is 3.04. The second-order valence-electron chi connectivity index (χ2n) is 6.73. The number of imide groups is 1. The Morgan fingerprint density at radius 2 is 1.35 bits per heavy atom. The predicted molar refractivity (Wildman–Crippen MR) is 120 cm³/mol. The fourth-order valence-electron chi connectivity index (χ4n) is 3.34. The van der Waals surface area contributed by atoms with Gasteiger partial charge in [-0.15, -0.1) is 0 Å². The van der Waals surface area contributed by atoms with Crippen molar-refractivity contribution in [3.05, 3.63) is 89.1 Å². The largest absolute Gasteiger partial charge is 0.497 e. The zero-order valence-electron chi connectivity index (χ0n) is 16.9. The van der Waals surface area contributed by atoms with Gasteiger partial charge in [0.25, 0.3) is 11.8 Å². The van der Waals surface area contributed by atoms with Crippen molar-refractivity contribution in [1.29, 1.82) is 0 Å². The standard InChI is InChI=1S/C24H19ClN2O4/c1-30-17-11-7-15(8-12-17)21-22(26-16-9-13-18(31-2)14-10-16)24(29)27(23(21)28)20-6-4-3-5-19(20)25/h3-14,26H,1-2H3. The lowest BCUT2D eigenvalue weighted by molar-refractivity contribution is -0.120. The number of halogens is 1. The Balaban J connectivity index is 1.80. The normalized spacial score (nSPS) is 13.6. The SMILES string of the molecule is COc1ccc(NC2=C(c3ccc(OC)cc3)C(=O)N(c3ccccc3Cl)C2=O)cc1. The van der Waals surface area contributed by atoms with Gasteiger partial charge in [0.15, 0.2) is 0 Å². The molecule has 156 valence electrons. The minimum Gasteiger partial charge on any atom is -0.497 e. The molecule has 0 aromatic heterocycles. The van der Waals surface area contributed by atoms with Crippen molar-refractivity contribution in [3.63, 3.8) is 0 Å². The van der Waals surface area contributed by atoms with Gasteiger partial charge in [0.2, 0.25) is 0 Å². The number of hydrogen-bond acceptors (Lipinski definition) is 5. The molecule has 3 aromatic carbocycles. The van der Waals surface area contributed by atoms with E-state index in [1.54, 1.807) is 87.0 Å². The number of anilines is 2. The second kappa shape index (κ2) is 8.53. The van der Waals surface area contributed by atoms with E-state index < -0.39 is 11.8 Å². The first-order valence-electron chi connectivity index (χ1n) is 9.46. The number of amides is 2. The van der Waals surface area contributed by atoms with Gasteiger partial charge in [-0.05, 0) is 54.1 Å². The molecule has 4 rings (SSSR count). The van der Waals surface area contributed by atoms with Gasteiger partial charge in [0.1, 0.15) is 17.2 Å². The number of benzene rings is 3. The van der Waals surface area contributed by atoms with Crippen LogP contribution >= 0.6 is 11.6 Å². The maximum atomic E-state index is 13.4. The highest BCUT2D eigenvalue weighted by molar-refractivity contribution is 6.48. The zero-order chi connectivity index (χ0) is 22.0. The monoisotopic (exact) mass is 434 g/mol. The van der Waals surface area contributed by atoms with E-state index in [9.17, 15) is 9.59 Å². The van der Waals surface area contributed by atoms with Crippen molar-refractivity contribution in [2.24, 2.45) is 0 Å². The van der Waals surface area contributed by atoms with Crippen LogP contribution in [0.2, 0.25) is 5.02 Å². The number of carbonyl (C=O) groups is 2. The number of rotatable bonds is 6. The number of methoxy groups -OCH3 is 2. The fourth-order valence-corrected chi connectivity index (χ4v) is 3.56. The van der Waals surface area contributed by atoms with Crippen LogP contribution in [0.3, 0.4) is 0 Å². The molecule has 0 fully saturated rings. The number of nitrogens with zero attached hydrogens (tertiary/aromatic N) is 1. The lowest BCUT2D eigenvalue weighted by Gasteiger charge is -2.16. The van der Waals surface area contributed by atoms with E-state index >= 15 is 0 Å². The third-order valence-corrected chi connectivity index (χ3v) is 5.23. The van der Waals surface area contributed by atoms with Gasteiger partial charge in [0, 0.05) is 5.69 Å². The molecule has 3 aromatic rings. The topological polar surface area (TPSA) is 67.9 Å². The van der Waals surface area contributed by atoms with E-state index in [0.29, 0.717) is 33.5 Å². The molecule has 0 spiro atoms. The molecule has 1 N–H and O–H groups in total. The van der Waals surface area contributed by atoms with Crippen molar-refractivity contribution >= 4 is 40.4 Å². The van der Waals surface area contributed by atoms with Crippen LogP contribution in [0.1, 0.15) is 5.56 Å². The smallest absolute Gasteiger partial charge is 0.282 e. The Kier molecular flexibility index (Phi) is 5.64. The summed E-state index contributed by atoms with van der Waals surface area (Å²) in [6.45, 7) is 0. The lowest BCUT2D eigenvalue weighted by Crippen LogP contribution is -2.32. The van der Waals surface area contributed by atoms with Crippen LogP contribution in [0.5, 0.6) is 11.5 Å². The van der Waals surface area contributed by atoms with Gasteiger partial charge in [-0.25, -0.2) is 4.90 Å². The Labute approximate surface area is 184 Å². The summed E-state index contributed by atoms with van der Waals surface area (Å²) in [7, 11) is 3.14.